The quantitative estimate of drug-likeness (QED) is 0.499. The summed E-state index contributed by atoms with van der Waals surface area (Å²) < 4.78 is 0. The molecule has 0 aromatic rings. The van der Waals surface area contributed by atoms with E-state index >= 15 is 0 Å². The first kappa shape index (κ1) is 6.21. The second-order valence-corrected chi connectivity index (χ2v) is 2.38. The maximum Gasteiger partial charge on any atom is 0.221 e. The predicted octanol–water partition coefficient (Wildman–Crippen LogP) is -0.415. The van der Waals surface area contributed by atoms with Crippen molar-refractivity contribution in [3.05, 3.63) is 0 Å². The molecule has 0 amide bonds. The maximum atomic E-state index is 5.41. The van der Waals surface area contributed by atoms with Gasteiger partial charge in [-0.3, -0.25) is 4.99 Å². The molecular formula is C6H7N5. The molecule has 0 bridgehead atoms. The van der Waals surface area contributed by atoms with Crippen molar-refractivity contribution in [1.29, 1.82) is 0 Å². The molecule has 1 atom stereocenters. The molecule has 2 N–H and O–H groups in total. The Morgan fingerprint density at radius 2 is 2.27 bits per heavy atom. The Morgan fingerprint density at radius 3 is 3.09 bits per heavy atom. The number of fused-ring (bicyclic) bond motifs is 1. The van der Waals surface area contributed by atoms with Gasteiger partial charge in [0.2, 0.25) is 5.96 Å². The summed E-state index contributed by atoms with van der Waals surface area (Å²) in [5, 5.41) is 0. The highest BCUT2D eigenvalue weighted by Gasteiger charge is 2.24. The second-order valence-electron chi connectivity index (χ2n) is 2.38. The standard InChI is InChI=1S/C6H7N5/c1-3-4-5(9-2-8-4)11-6(7)10-3/h2,4H,1H3,(H2,7,8,9,11). The molecule has 2 rings (SSSR count). The van der Waals surface area contributed by atoms with E-state index in [1.807, 2.05) is 6.92 Å². The van der Waals surface area contributed by atoms with Crippen molar-refractivity contribution in [3.63, 3.8) is 0 Å². The van der Waals surface area contributed by atoms with Crippen molar-refractivity contribution in [2.45, 2.75) is 13.0 Å². The number of hydrogen-bond donors (Lipinski definition) is 1. The van der Waals surface area contributed by atoms with Crippen LogP contribution < -0.4 is 5.73 Å². The van der Waals surface area contributed by atoms with Crippen LogP contribution in [-0.2, 0) is 0 Å². The van der Waals surface area contributed by atoms with Crippen LogP contribution in [0.15, 0.2) is 20.0 Å². The molecule has 1 unspecified atom stereocenters. The fraction of sp³-hybridized carbons (Fsp3) is 0.333. The highest BCUT2D eigenvalue weighted by molar-refractivity contribution is 6.22. The first-order valence-electron chi connectivity index (χ1n) is 3.26. The van der Waals surface area contributed by atoms with Crippen molar-refractivity contribution >= 4 is 23.8 Å². The Balaban J connectivity index is 2.45. The highest BCUT2D eigenvalue weighted by Crippen LogP contribution is 2.09. The summed E-state index contributed by atoms with van der Waals surface area (Å²) in [6.07, 6.45) is 1.49. The number of guanidine groups is 1. The molecule has 0 aromatic carbocycles. The van der Waals surface area contributed by atoms with Gasteiger partial charge in [-0.15, -0.1) is 0 Å². The first-order valence-corrected chi connectivity index (χ1v) is 3.26. The topological polar surface area (TPSA) is 75.5 Å². The van der Waals surface area contributed by atoms with Gasteiger partial charge in [0, 0.05) is 0 Å². The van der Waals surface area contributed by atoms with Crippen molar-refractivity contribution in [3.8, 4) is 0 Å². The largest absolute Gasteiger partial charge is 0.368 e. The summed E-state index contributed by atoms with van der Waals surface area (Å²) >= 11 is 0. The molecule has 2 aliphatic heterocycles. The predicted molar refractivity (Wildman–Crippen MR) is 44.4 cm³/mol. The lowest BCUT2D eigenvalue weighted by Crippen LogP contribution is -2.31. The molecule has 11 heavy (non-hydrogen) atoms. The van der Waals surface area contributed by atoms with Crippen LogP contribution in [-0.4, -0.2) is 29.9 Å². The zero-order chi connectivity index (χ0) is 7.84. The van der Waals surface area contributed by atoms with E-state index in [9.17, 15) is 0 Å². The van der Waals surface area contributed by atoms with E-state index in [2.05, 4.69) is 20.0 Å². The average molecular weight is 149 g/mol. The van der Waals surface area contributed by atoms with Crippen LogP contribution in [0.2, 0.25) is 0 Å². The minimum atomic E-state index is -0.0812. The molecule has 2 aliphatic rings. The molecular weight excluding hydrogens is 142 g/mol. The minimum Gasteiger partial charge on any atom is -0.368 e. The van der Waals surface area contributed by atoms with E-state index in [0.717, 1.165) is 5.71 Å². The van der Waals surface area contributed by atoms with Gasteiger partial charge in [0.25, 0.3) is 0 Å². The van der Waals surface area contributed by atoms with Gasteiger partial charge >= 0.3 is 0 Å². The monoisotopic (exact) mass is 149 g/mol. The first-order chi connectivity index (χ1) is 5.27. The lowest BCUT2D eigenvalue weighted by molar-refractivity contribution is 1.12. The zero-order valence-corrected chi connectivity index (χ0v) is 6.02. The van der Waals surface area contributed by atoms with Crippen LogP contribution in [0.5, 0.6) is 0 Å². The smallest absolute Gasteiger partial charge is 0.221 e. The number of nitrogens with zero attached hydrogens (tertiary/aromatic N) is 4. The lowest BCUT2D eigenvalue weighted by atomic mass is 10.2. The Hall–Kier alpha value is -1.52. The van der Waals surface area contributed by atoms with Crippen LogP contribution in [0.1, 0.15) is 6.92 Å². The minimum absolute atomic E-state index is 0.0812. The molecule has 0 aromatic heterocycles. The van der Waals surface area contributed by atoms with E-state index in [1.165, 1.54) is 6.34 Å². The van der Waals surface area contributed by atoms with Crippen LogP contribution in [0, 0.1) is 0 Å². The van der Waals surface area contributed by atoms with Crippen molar-refractivity contribution in [1.82, 2.24) is 0 Å². The Morgan fingerprint density at radius 1 is 1.45 bits per heavy atom. The van der Waals surface area contributed by atoms with Crippen LogP contribution in [0.3, 0.4) is 0 Å². The van der Waals surface area contributed by atoms with Gasteiger partial charge in [0.05, 0.1) is 5.71 Å². The molecule has 0 aliphatic carbocycles. The fourth-order valence-electron chi connectivity index (χ4n) is 1.07. The van der Waals surface area contributed by atoms with Gasteiger partial charge < -0.3 is 5.73 Å². The molecule has 5 heteroatoms. The Kier molecular flexibility index (Phi) is 1.12. The van der Waals surface area contributed by atoms with E-state index in [4.69, 9.17) is 5.73 Å². The van der Waals surface area contributed by atoms with E-state index < -0.39 is 0 Å². The van der Waals surface area contributed by atoms with E-state index in [1.54, 1.807) is 0 Å². The molecule has 0 radical (unpaired) electrons. The maximum absolute atomic E-state index is 5.41. The molecule has 0 spiro atoms. The lowest BCUT2D eigenvalue weighted by Gasteiger charge is -2.11. The van der Waals surface area contributed by atoms with Crippen molar-refractivity contribution in [2.24, 2.45) is 25.7 Å². The molecule has 0 saturated carbocycles. The van der Waals surface area contributed by atoms with Gasteiger partial charge in [-0.1, -0.05) is 0 Å². The number of rotatable bonds is 0. The van der Waals surface area contributed by atoms with Gasteiger partial charge in [0.1, 0.15) is 12.4 Å². The molecule has 56 valence electrons. The van der Waals surface area contributed by atoms with Crippen molar-refractivity contribution < 1.29 is 0 Å². The van der Waals surface area contributed by atoms with Gasteiger partial charge in [-0.05, 0) is 6.92 Å². The van der Waals surface area contributed by atoms with Crippen LogP contribution in [0.25, 0.3) is 0 Å². The van der Waals surface area contributed by atoms with E-state index in [-0.39, 0.29) is 12.0 Å². The van der Waals surface area contributed by atoms with Gasteiger partial charge in [-0.25, -0.2) is 9.98 Å². The summed E-state index contributed by atoms with van der Waals surface area (Å²) in [4.78, 5) is 15.9. The van der Waals surface area contributed by atoms with Crippen LogP contribution >= 0.6 is 0 Å². The number of hydrogen-bond acceptors (Lipinski definition) is 5. The van der Waals surface area contributed by atoms with Gasteiger partial charge in [0.15, 0.2) is 5.84 Å². The fourth-order valence-corrected chi connectivity index (χ4v) is 1.07. The highest BCUT2D eigenvalue weighted by atomic mass is 15.2. The average Bonchev–Trinajstić information content (AvgIpc) is 2.34. The third-order valence-corrected chi connectivity index (χ3v) is 1.57. The Bertz CT molecular complexity index is 309. The number of aliphatic imine (C=N–C) groups is 4. The Labute approximate surface area is 63.5 Å². The zero-order valence-electron chi connectivity index (χ0n) is 6.02. The third kappa shape index (κ3) is 0.849. The van der Waals surface area contributed by atoms with Crippen LogP contribution in [0.4, 0.5) is 0 Å². The summed E-state index contributed by atoms with van der Waals surface area (Å²) in [5.74, 6) is 0.915. The molecule has 5 nitrogen and oxygen atoms in total. The summed E-state index contributed by atoms with van der Waals surface area (Å²) in [6, 6.07) is -0.0812. The summed E-state index contributed by atoms with van der Waals surface area (Å²) in [5.41, 5.74) is 6.26. The summed E-state index contributed by atoms with van der Waals surface area (Å²) in [6.45, 7) is 1.87. The van der Waals surface area contributed by atoms with E-state index in [0.29, 0.717) is 5.84 Å². The third-order valence-electron chi connectivity index (χ3n) is 1.57. The summed E-state index contributed by atoms with van der Waals surface area (Å²) in [7, 11) is 0. The molecule has 2 heterocycles. The number of amidine groups is 1. The van der Waals surface area contributed by atoms with Crippen molar-refractivity contribution in [2.75, 3.05) is 0 Å². The SMILES string of the molecule is CC1=NC(N)=NC2=NC=NC12. The molecule has 0 saturated heterocycles. The normalized spacial score (nSPS) is 27.4. The van der Waals surface area contributed by atoms with Gasteiger partial charge in [-0.2, -0.15) is 4.99 Å². The number of nitrogens with two attached hydrogens (primary N) is 1. The second kappa shape index (κ2) is 1.98. The molecule has 0 fully saturated rings.